The van der Waals surface area contributed by atoms with E-state index in [1.165, 1.54) is 0 Å². The summed E-state index contributed by atoms with van der Waals surface area (Å²) in [6.45, 7) is 4.51. The van der Waals surface area contributed by atoms with Crippen LogP contribution in [0.15, 0.2) is 16.7 Å². The lowest BCUT2D eigenvalue weighted by atomic mass is 9.99. The minimum atomic E-state index is 0.215. The van der Waals surface area contributed by atoms with Gasteiger partial charge in [-0.15, -0.1) is 0 Å². The van der Waals surface area contributed by atoms with Crippen LogP contribution in [0.2, 0.25) is 0 Å². The lowest BCUT2D eigenvalue weighted by molar-refractivity contribution is -0.131. The fourth-order valence-electron chi connectivity index (χ4n) is 1.81. The maximum absolute atomic E-state index is 11.9. The summed E-state index contributed by atoms with van der Waals surface area (Å²) in [6.07, 6.45) is 2.32. The number of nitrogens with zero attached hydrogens (tertiary/aromatic N) is 1. The average Bonchev–Trinajstić information content (AvgIpc) is 2.58. The smallest absolute Gasteiger partial charge is 0.222 e. The van der Waals surface area contributed by atoms with Gasteiger partial charge in [-0.05, 0) is 32.0 Å². The maximum atomic E-state index is 11.9. The average molecular weight is 222 g/mol. The van der Waals surface area contributed by atoms with E-state index in [2.05, 4.69) is 5.32 Å². The van der Waals surface area contributed by atoms with E-state index in [1.54, 1.807) is 11.2 Å². The predicted octanol–water partition coefficient (Wildman–Crippen LogP) is 1.16. The summed E-state index contributed by atoms with van der Waals surface area (Å²) in [5.74, 6) is 1.64. The van der Waals surface area contributed by atoms with Crippen LogP contribution in [0, 0.1) is 12.8 Å². The monoisotopic (exact) mass is 222 g/mol. The van der Waals surface area contributed by atoms with Crippen molar-refractivity contribution in [2.24, 2.45) is 5.92 Å². The van der Waals surface area contributed by atoms with Crippen LogP contribution in [0.25, 0.3) is 0 Å². The predicted molar refractivity (Wildman–Crippen MR) is 60.9 cm³/mol. The van der Waals surface area contributed by atoms with Crippen molar-refractivity contribution in [1.82, 2.24) is 10.2 Å². The zero-order valence-electron chi connectivity index (χ0n) is 9.82. The zero-order valence-corrected chi connectivity index (χ0v) is 9.82. The second kappa shape index (κ2) is 4.70. The zero-order chi connectivity index (χ0) is 11.5. The molecule has 4 nitrogen and oxygen atoms in total. The SMILES string of the molecule is Cc1occc1CN(C)C(=O)CC1CNC1. The number of nitrogens with one attached hydrogen (secondary N) is 1. The molecule has 0 aromatic carbocycles. The van der Waals surface area contributed by atoms with E-state index in [-0.39, 0.29) is 5.91 Å². The molecule has 1 amide bonds. The third-order valence-electron chi connectivity index (χ3n) is 3.13. The van der Waals surface area contributed by atoms with Crippen LogP contribution in [0.4, 0.5) is 0 Å². The summed E-state index contributed by atoms with van der Waals surface area (Å²) >= 11 is 0. The third kappa shape index (κ3) is 2.44. The summed E-state index contributed by atoms with van der Waals surface area (Å²) in [4.78, 5) is 13.6. The molecule has 1 N–H and O–H groups in total. The van der Waals surface area contributed by atoms with Gasteiger partial charge in [0.1, 0.15) is 5.76 Å². The molecule has 0 unspecified atom stereocenters. The summed E-state index contributed by atoms with van der Waals surface area (Å²) in [6, 6.07) is 1.92. The minimum absolute atomic E-state index is 0.215. The molecule has 2 heterocycles. The number of hydrogen-bond acceptors (Lipinski definition) is 3. The Bertz CT molecular complexity index is 369. The quantitative estimate of drug-likeness (QED) is 0.831. The van der Waals surface area contributed by atoms with Gasteiger partial charge in [0.25, 0.3) is 0 Å². The maximum Gasteiger partial charge on any atom is 0.222 e. The van der Waals surface area contributed by atoms with Crippen molar-refractivity contribution in [1.29, 1.82) is 0 Å². The van der Waals surface area contributed by atoms with Crippen LogP contribution in [0.1, 0.15) is 17.7 Å². The molecule has 1 aromatic rings. The third-order valence-corrected chi connectivity index (χ3v) is 3.13. The van der Waals surface area contributed by atoms with Gasteiger partial charge in [-0.3, -0.25) is 4.79 Å². The summed E-state index contributed by atoms with van der Waals surface area (Å²) in [7, 11) is 1.85. The van der Waals surface area contributed by atoms with E-state index < -0.39 is 0 Å². The molecule has 1 fully saturated rings. The van der Waals surface area contributed by atoms with Gasteiger partial charge in [0, 0.05) is 25.6 Å². The highest BCUT2D eigenvalue weighted by Gasteiger charge is 2.22. The first-order chi connectivity index (χ1) is 7.66. The van der Waals surface area contributed by atoms with E-state index in [1.807, 2.05) is 20.0 Å². The number of furan rings is 1. The Morgan fingerprint density at radius 3 is 2.88 bits per heavy atom. The molecule has 0 bridgehead atoms. The number of carbonyl (C=O) groups excluding carboxylic acids is 1. The highest BCUT2D eigenvalue weighted by Crippen LogP contribution is 2.14. The van der Waals surface area contributed by atoms with Crippen LogP contribution < -0.4 is 5.32 Å². The first-order valence-electron chi connectivity index (χ1n) is 5.64. The summed E-state index contributed by atoms with van der Waals surface area (Å²) in [5.41, 5.74) is 1.09. The van der Waals surface area contributed by atoms with Gasteiger partial charge in [0.2, 0.25) is 5.91 Å². The molecule has 0 aliphatic carbocycles. The number of amides is 1. The van der Waals surface area contributed by atoms with Crippen LogP contribution in [0.5, 0.6) is 0 Å². The molecule has 16 heavy (non-hydrogen) atoms. The van der Waals surface area contributed by atoms with Gasteiger partial charge in [-0.25, -0.2) is 0 Å². The number of hydrogen-bond donors (Lipinski definition) is 1. The van der Waals surface area contributed by atoms with Crippen molar-refractivity contribution >= 4 is 5.91 Å². The molecule has 88 valence electrons. The van der Waals surface area contributed by atoms with Crippen molar-refractivity contribution < 1.29 is 9.21 Å². The van der Waals surface area contributed by atoms with E-state index in [9.17, 15) is 4.79 Å². The van der Waals surface area contributed by atoms with Crippen molar-refractivity contribution in [3.63, 3.8) is 0 Å². The minimum Gasteiger partial charge on any atom is -0.469 e. The molecule has 1 aromatic heterocycles. The molecule has 1 aliphatic rings. The van der Waals surface area contributed by atoms with Crippen molar-refractivity contribution in [3.8, 4) is 0 Å². The molecule has 1 aliphatic heterocycles. The molecule has 0 spiro atoms. The highest BCUT2D eigenvalue weighted by atomic mass is 16.3. The Kier molecular flexibility index (Phi) is 3.29. The molecule has 4 heteroatoms. The largest absolute Gasteiger partial charge is 0.469 e. The second-order valence-corrected chi connectivity index (χ2v) is 4.48. The highest BCUT2D eigenvalue weighted by molar-refractivity contribution is 5.76. The van der Waals surface area contributed by atoms with E-state index >= 15 is 0 Å². The van der Waals surface area contributed by atoms with Gasteiger partial charge in [0.05, 0.1) is 6.26 Å². The Morgan fingerprint density at radius 1 is 1.62 bits per heavy atom. The number of aryl methyl sites for hydroxylation is 1. The van der Waals surface area contributed by atoms with E-state index in [0.717, 1.165) is 24.4 Å². The second-order valence-electron chi connectivity index (χ2n) is 4.48. The molecule has 0 radical (unpaired) electrons. The van der Waals surface area contributed by atoms with E-state index in [4.69, 9.17) is 4.42 Å². The lowest BCUT2D eigenvalue weighted by Crippen LogP contribution is -2.44. The molecular formula is C12H18N2O2. The van der Waals surface area contributed by atoms with Crippen LogP contribution >= 0.6 is 0 Å². The summed E-state index contributed by atoms with van der Waals surface area (Å²) in [5, 5.41) is 3.17. The first-order valence-corrected chi connectivity index (χ1v) is 5.64. The van der Waals surface area contributed by atoms with Gasteiger partial charge in [-0.1, -0.05) is 0 Å². The summed E-state index contributed by atoms with van der Waals surface area (Å²) < 4.78 is 5.21. The van der Waals surface area contributed by atoms with Gasteiger partial charge in [-0.2, -0.15) is 0 Å². The standard InChI is InChI=1S/C12H18N2O2/c1-9-11(3-4-16-9)8-14(2)12(15)5-10-6-13-7-10/h3-4,10,13H,5-8H2,1-2H3. The number of rotatable bonds is 4. The molecule has 1 saturated heterocycles. The fourth-order valence-corrected chi connectivity index (χ4v) is 1.81. The van der Waals surface area contributed by atoms with Gasteiger partial charge >= 0.3 is 0 Å². The Labute approximate surface area is 95.6 Å². The Balaban J connectivity index is 1.84. The molecule has 2 rings (SSSR count). The van der Waals surface area contributed by atoms with Crippen LogP contribution in [0.3, 0.4) is 0 Å². The molecule has 0 saturated carbocycles. The van der Waals surface area contributed by atoms with Crippen molar-refractivity contribution in [3.05, 3.63) is 23.7 Å². The Hall–Kier alpha value is -1.29. The van der Waals surface area contributed by atoms with Crippen LogP contribution in [-0.4, -0.2) is 30.9 Å². The lowest BCUT2D eigenvalue weighted by Gasteiger charge is -2.28. The molecule has 0 atom stereocenters. The Morgan fingerprint density at radius 2 is 2.38 bits per heavy atom. The fraction of sp³-hybridized carbons (Fsp3) is 0.583. The number of carbonyl (C=O) groups is 1. The molecular weight excluding hydrogens is 204 g/mol. The van der Waals surface area contributed by atoms with Gasteiger partial charge < -0.3 is 14.6 Å². The van der Waals surface area contributed by atoms with Crippen molar-refractivity contribution in [2.45, 2.75) is 19.9 Å². The topological polar surface area (TPSA) is 45.5 Å². The van der Waals surface area contributed by atoms with Crippen LogP contribution in [-0.2, 0) is 11.3 Å². The van der Waals surface area contributed by atoms with Gasteiger partial charge in [0.15, 0.2) is 0 Å². The first kappa shape index (κ1) is 11.2. The normalized spacial score (nSPS) is 15.9. The van der Waals surface area contributed by atoms with E-state index in [0.29, 0.717) is 18.9 Å². The van der Waals surface area contributed by atoms with Crippen molar-refractivity contribution in [2.75, 3.05) is 20.1 Å².